The Bertz CT molecular complexity index is 2940. The second-order valence-corrected chi connectivity index (χ2v) is 13.4. The molecule has 2 aromatic heterocycles. The van der Waals surface area contributed by atoms with E-state index in [1.54, 1.807) is 0 Å². The van der Waals surface area contributed by atoms with Crippen LogP contribution in [-0.2, 0) is 0 Å². The van der Waals surface area contributed by atoms with Gasteiger partial charge in [-0.05, 0) is 86.6 Å². The molecule has 0 amide bonds. The number of hydrogen-bond donors (Lipinski definition) is 0. The highest BCUT2D eigenvalue weighted by atomic mass is 16.3. The zero-order valence-corrected chi connectivity index (χ0v) is 28.8. The van der Waals surface area contributed by atoms with E-state index in [-0.39, 0.29) is 0 Å². The first-order valence-electron chi connectivity index (χ1n) is 17.9. The van der Waals surface area contributed by atoms with Gasteiger partial charge in [0.05, 0.1) is 11.4 Å². The van der Waals surface area contributed by atoms with Gasteiger partial charge < -0.3 is 4.42 Å². The minimum absolute atomic E-state index is 0.682. The number of aromatic nitrogens is 2. The van der Waals surface area contributed by atoms with Crippen molar-refractivity contribution in [1.82, 2.24) is 9.97 Å². The van der Waals surface area contributed by atoms with Crippen LogP contribution in [0.3, 0.4) is 0 Å². The lowest BCUT2D eigenvalue weighted by Gasteiger charge is -2.15. The fourth-order valence-electron chi connectivity index (χ4n) is 7.50. The van der Waals surface area contributed by atoms with E-state index in [0.29, 0.717) is 5.82 Å². The molecule has 0 atom stereocenters. The molecule has 3 heteroatoms. The molecular formula is C50H32N2O. The minimum atomic E-state index is 0.682. The molecule has 0 spiro atoms. The smallest absolute Gasteiger partial charge is 0.160 e. The molecule has 0 aliphatic rings. The number of nitrogens with zero attached hydrogens (tertiary/aromatic N) is 2. The highest BCUT2D eigenvalue weighted by Gasteiger charge is 2.17. The molecule has 0 aliphatic carbocycles. The average Bonchev–Trinajstić information content (AvgIpc) is 3.62. The molecule has 8 aromatic carbocycles. The Kier molecular flexibility index (Phi) is 7.47. The molecule has 0 fully saturated rings. The van der Waals surface area contributed by atoms with Crippen LogP contribution in [-0.4, -0.2) is 9.97 Å². The zero-order valence-electron chi connectivity index (χ0n) is 28.8. The van der Waals surface area contributed by atoms with Crippen molar-refractivity contribution in [2.24, 2.45) is 0 Å². The SMILES string of the molecule is c1ccc(-c2cc(-c3ccc4c(c3)oc3ccccc34)cc(-c3cc(-c4ccccc4-c4cccc5ccccc45)nc(-c4ccccc4)n3)c2)cc1. The highest BCUT2D eigenvalue weighted by Crippen LogP contribution is 2.40. The largest absolute Gasteiger partial charge is 0.456 e. The second-order valence-electron chi connectivity index (χ2n) is 13.4. The number of para-hydroxylation sites is 1. The number of benzene rings is 8. The highest BCUT2D eigenvalue weighted by molar-refractivity contribution is 6.06. The topological polar surface area (TPSA) is 38.9 Å². The van der Waals surface area contributed by atoms with Crippen molar-refractivity contribution in [1.29, 1.82) is 0 Å². The van der Waals surface area contributed by atoms with E-state index in [1.165, 1.54) is 16.3 Å². The Balaban J connectivity index is 1.19. The lowest BCUT2D eigenvalue weighted by Crippen LogP contribution is -1.97. The number of furan rings is 1. The van der Waals surface area contributed by atoms with E-state index in [4.69, 9.17) is 14.4 Å². The standard InChI is InChI=1S/C50H32N2O/c1-3-14-33(15-4-1)37-28-38(36-26-27-45-44-23-11-12-25-48(44)53-49(45)31-36)30-39(29-37)46-32-47(52-50(51-46)35-17-5-2-6-18-35)43-22-10-9-21-42(43)41-24-13-19-34-16-7-8-20-40(34)41/h1-32H. The van der Waals surface area contributed by atoms with Crippen molar-refractivity contribution < 1.29 is 4.42 Å². The number of hydrogen-bond acceptors (Lipinski definition) is 3. The van der Waals surface area contributed by atoms with Crippen LogP contribution < -0.4 is 0 Å². The van der Waals surface area contributed by atoms with Crippen LogP contribution in [0, 0.1) is 0 Å². The maximum Gasteiger partial charge on any atom is 0.160 e. The van der Waals surface area contributed by atoms with Crippen LogP contribution in [0.25, 0.3) is 100.0 Å². The molecule has 3 nitrogen and oxygen atoms in total. The summed E-state index contributed by atoms with van der Waals surface area (Å²) in [5, 5.41) is 4.65. The van der Waals surface area contributed by atoms with E-state index < -0.39 is 0 Å². The summed E-state index contributed by atoms with van der Waals surface area (Å²) >= 11 is 0. The normalized spacial score (nSPS) is 11.4. The Morgan fingerprint density at radius 3 is 1.72 bits per heavy atom. The van der Waals surface area contributed by atoms with Crippen molar-refractivity contribution in [3.63, 3.8) is 0 Å². The molecule has 0 radical (unpaired) electrons. The molecule has 53 heavy (non-hydrogen) atoms. The van der Waals surface area contributed by atoms with Gasteiger partial charge in [-0.3, -0.25) is 0 Å². The van der Waals surface area contributed by atoms with Gasteiger partial charge >= 0.3 is 0 Å². The van der Waals surface area contributed by atoms with Gasteiger partial charge in [0, 0.05) is 27.5 Å². The van der Waals surface area contributed by atoms with Crippen LogP contribution in [0.15, 0.2) is 199 Å². The summed E-state index contributed by atoms with van der Waals surface area (Å²) in [6.07, 6.45) is 0. The summed E-state index contributed by atoms with van der Waals surface area (Å²) < 4.78 is 6.33. The molecule has 0 bridgehead atoms. The third-order valence-corrected chi connectivity index (χ3v) is 10.1. The van der Waals surface area contributed by atoms with Crippen molar-refractivity contribution >= 4 is 32.7 Å². The molecule has 2 heterocycles. The molecule has 0 unspecified atom stereocenters. The molecule has 0 aliphatic heterocycles. The summed E-state index contributed by atoms with van der Waals surface area (Å²) in [5.74, 6) is 0.682. The zero-order chi connectivity index (χ0) is 35.1. The van der Waals surface area contributed by atoms with Gasteiger partial charge in [-0.1, -0.05) is 152 Å². The summed E-state index contributed by atoms with van der Waals surface area (Å²) in [6.45, 7) is 0. The summed E-state index contributed by atoms with van der Waals surface area (Å²) in [4.78, 5) is 10.5. The average molecular weight is 677 g/mol. The monoisotopic (exact) mass is 676 g/mol. The molecule has 0 saturated heterocycles. The third-order valence-electron chi connectivity index (χ3n) is 10.1. The second kappa shape index (κ2) is 12.9. The van der Waals surface area contributed by atoms with E-state index in [9.17, 15) is 0 Å². The van der Waals surface area contributed by atoms with Gasteiger partial charge in [-0.25, -0.2) is 9.97 Å². The minimum Gasteiger partial charge on any atom is -0.456 e. The van der Waals surface area contributed by atoms with E-state index in [0.717, 1.165) is 77.8 Å². The van der Waals surface area contributed by atoms with Gasteiger partial charge in [-0.15, -0.1) is 0 Å². The Morgan fingerprint density at radius 1 is 0.302 bits per heavy atom. The van der Waals surface area contributed by atoms with Crippen LogP contribution >= 0.6 is 0 Å². The lowest BCUT2D eigenvalue weighted by molar-refractivity contribution is 0.669. The number of rotatable bonds is 6. The van der Waals surface area contributed by atoms with E-state index in [2.05, 4.69) is 164 Å². The summed E-state index contributed by atoms with van der Waals surface area (Å²) in [5.41, 5.74) is 13.2. The van der Waals surface area contributed by atoms with Crippen LogP contribution in [0.1, 0.15) is 0 Å². The first-order valence-corrected chi connectivity index (χ1v) is 17.9. The number of fused-ring (bicyclic) bond motifs is 4. The van der Waals surface area contributed by atoms with Crippen LogP contribution in [0.2, 0.25) is 0 Å². The van der Waals surface area contributed by atoms with Gasteiger partial charge in [0.15, 0.2) is 5.82 Å². The maximum absolute atomic E-state index is 6.33. The molecule has 0 saturated carbocycles. The molecule has 0 N–H and O–H groups in total. The summed E-state index contributed by atoms with van der Waals surface area (Å²) in [7, 11) is 0. The Morgan fingerprint density at radius 2 is 0.887 bits per heavy atom. The van der Waals surface area contributed by atoms with Crippen molar-refractivity contribution in [2.45, 2.75) is 0 Å². The fourth-order valence-corrected chi connectivity index (χ4v) is 7.50. The molecule has 10 rings (SSSR count). The molecular weight excluding hydrogens is 645 g/mol. The van der Waals surface area contributed by atoms with Gasteiger partial charge in [0.25, 0.3) is 0 Å². The fraction of sp³-hybridized carbons (Fsp3) is 0. The predicted molar refractivity (Wildman–Crippen MR) is 219 cm³/mol. The molecule has 248 valence electrons. The third kappa shape index (κ3) is 5.65. The van der Waals surface area contributed by atoms with Crippen molar-refractivity contribution in [3.8, 4) is 67.3 Å². The van der Waals surface area contributed by atoms with Gasteiger partial charge in [0.2, 0.25) is 0 Å². The quantitative estimate of drug-likeness (QED) is 0.176. The predicted octanol–water partition coefficient (Wildman–Crippen LogP) is 13.5. The lowest BCUT2D eigenvalue weighted by atomic mass is 9.92. The summed E-state index contributed by atoms with van der Waals surface area (Å²) in [6, 6.07) is 68.1. The first-order chi connectivity index (χ1) is 26.2. The first kappa shape index (κ1) is 30.7. The molecule has 10 aromatic rings. The van der Waals surface area contributed by atoms with Crippen molar-refractivity contribution in [2.75, 3.05) is 0 Å². The maximum atomic E-state index is 6.33. The Hall–Kier alpha value is -7.10. The van der Waals surface area contributed by atoms with E-state index >= 15 is 0 Å². The van der Waals surface area contributed by atoms with Gasteiger partial charge in [0.1, 0.15) is 11.2 Å². The van der Waals surface area contributed by atoms with Crippen LogP contribution in [0.5, 0.6) is 0 Å². The van der Waals surface area contributed by atoms with Crippen molar-refractivity contribution in [3.05, 3.63) is 194 Å². The van der Waals surface area contributed by atoms with Crippen LogP contribution in [0.4, 0.5) is 0 Å². The van der Waals surface area contributed by atoms with E-state index in [1.807, 2.05) is 30.3 Å². The Labute approximate surface area is 307 Å². The van der Waals surface area contributed by atoms with Gasteiger partial charge in [-0.2, -0.15) is 0 Å².